The molecular weight excluding hydrogens is 739 g/mol. The second kappa shape index (κ2) is 13.2. The number of para-hydroxylation sites is 4. The van der Waals surface area contributed by atoms with Gasteiger partial charge in [0, 0.05) is 60.8 Å². The molecule has 0 bridgehead atoms. The van der Waals surface area contributed by atoms with Crippen LogP contribution in [-0.2, 0) is 0 Å². The van der Waals surface area contributed by atoms with Gasteiger partial charge in [-0.15, -0.1) is 0 Å². The molecule has 2 heterocycles. The molecule has 3 heteroatoms. The van der Waals surface area contributed by atoms with Crippen molar-refractivity contribution in [3.63, 3.8) is 0 Å². The van der Waals surface area contributed by atoms with Gasteiger partial charge in [0.05, 0.1) is 22.1 Å². The first-order valence-electron chi connectivity index (χ1n) is 21.0. The van der Waals surface area contributed by atoms with Crippen molar-refractivity contribution in [3.8, 4) is 44.8 Å². The topological polar surface area (TPSA) is 13.1 Å². The molecule has 10 aromatic carbocycles. The van der Waals surface area contributed by atoms with Crippen molar-refractivity contribution in [3.05, 3.63) is 224 Å². The van der Waals surface area contributed by atoms with Crippen LogP contribution in [0.25, 0.3) is 99.1 Å². The molecule has 0 amide bonds. The maximum atomic E-state index is 2.55. The summed E-state index contributed by atoms with van der Waals surface area (Å²) in [5.74, 6) is 0. The molecule has 0 spiro atoms. The van der Waals surface area contributed by atoms with Crippen molar-refractivity contribution >= 4 is 71.4 Å². The summed E-state index contributed by atoms with van der Waals surface area (Å²) in [6.07, 6.45) is 0. The lowest BCUT2D eigenvalue weighted by Crippen LogP contribution is -2.09. The Bertz CT molecular complexity index is 3620. The van der Waals surface area contributed by atoms with Crippen LogP contribution in [0, 0.1) is 0 Å². The number of aromatic nitrogens is 2. The molecule has 61 heavy (non-hydrogen) atoms. The largest absolute Gasteiger partial charge is 0.311 e. The summed E-state index contributed by atoms with van der Waals surface area (Å²) in [5, 5.41) is 7.72. The van der Waals surface area contributed by atoms with Crippen LogP contribution in [-0.4, -0.2) is 9.13 Å². The summed E-state index contributed by atoms with van der Waals surface area (Å²) in [6, 6.07) is 81.9. The van der Waals surface area contributed by atoms with Gasteiger partial charge in [-0.05, 0) is 106 Å². The molecule has 12 aromatic rings. The van der Waals surface area contributed by atoms with Crippen molar-refractivity contribution < 1.29 is 0 Å². The monoisotopic (exact) mass is 775 g/mol. The predicted molar refractivity (Wildman–Crippen MR) is 257 cm³/mol. The fourth-order valence-electron chi connectivity index (χ4n) is 10.3. The quantitative estimate of drug-likeness (QED) is 0.164. The normalized spacial score (nSPS) is 11.9. The van der Waals surface area contributed by atoms with E-state index in [1.807, 2.05) is 0 Å². The van der Waals surface area contributed by atoms with E-state index >= 15 is 0 Å². The van der Waals surface area contributed by atoms with E-state index in [0.717, 1.165) is 28.4 Å². The Hall–Kier alpha value is -8.14. The van der Waals surface area contributed by atoms with E-state index in [-0.39, 0.29) is 0 Å². The highest BCUT2D eigenvalue weighted by atomic mass is 15.1. The lowest BCUT2D eigenvalue weighted by molar-refractivity contribution is 1.18. The van der Waals surface area contributed by atoms with E-state index in [9.17, 15) is 0 Å². The average Bonchev–Trinajstić information content (AvgIpc) is 3.83. The van der Waals surface area contributed by atoms with E-state index in [2.05, 4.69) is 238 Å². The minimum absolute atomic E-state index is 1.12. The Kier molecular flexibility index (Phi) is 7.31. The minimum atomic E-state index is 1.12. The van der Waals surface area contributed by atoms with Crippen molar-refractivity contribution in [1.29, 1.82) is 0 Å². The summed E-state index contributed by atoms with van der Waals surface area (Å²) in [7, 11) is 0. The highest BCUT2D eigenvalue weighted by Gasteiger charge is 2.29. The third kappa shape index (κ3) is 4.92. The molecule has 284 valence electrons. The second-order valence-electron chi connectivity index (χ2n) is 16.0. The van der Waals surface area contributed by atoms with E-state index < -0.39 is 0 Å². The fraction of sp³-hybridized carbons (Fsp3) is 0. The van der Waals surface area contributed by atoms with E-state index in [1.54, 1.807) is 0 Å². The standard InChI is InChI=1S/C58H37N3/c1-4-16-40(17-5-1)59(41-18-6-2-7-19-41)43-34-30-38(31-35-43)39-32-36-44(37-33-39)61-52-29-15-26-48-46-23-11-10-22-45(46)47-25-14-27-50-53(47)56(54(48)52)58(61)55-49-24-12-13-28-51(49)60(57(50)55)42-20-8-3-9-21-42/h1-37H. The summed E-state index contributed by atoms with van der Waals surface area (Å²) in [6.45, 7) is 0. The van der Waals surface area contributed by atoms with Crippen LogP contribution < -0.4 is 4.90 Å². The predicted octanol–water partition coefficient (Wildman–Crippen LogP) is 15.8. The van der Waals surface area contributed by atoms with Crippen molar-refractivity contribution in [1.82, 2.24) is 9.13 Å². The van der Waals surface area contributed by atoms with Crippen LogP contribution >= 0.6 is 0 Å². The lowest BCUT2D eigenvalue weighted by Gasteiger charge is -2.25. The Balaban J connectivity index is 1.06. The first kappa shape index (κ1) is 33.8. The maximum absolute atomic E-state index is 2.55. The number of anilines is 3. The van der Waals surface area contributed by atoms with Crippen molar-refractivity contribution in [2.45, 2.75) is 0 Å². The molecule has 0 saturated heterocycles. The van der Waals surface area contributed by atoms with Crippen LogP contribution in [0.5, 0.6) is 0 Å². The molecule has 0 unspecified atom stereocenters. The lowest BCUT2D eigenvalue weighted by atomic mass is 9.92. The van der Waals surface area contributed by atoms with Gasteiger partial charge in [0.2, 0.25) is 0 Å². The number of hydrogen-bond acceptors (Lipinski definition) is 1. The third-order valence-corrected chi connectivity index (χ3v) is 12.8. The molecular formula is C58H37N3. The summed E-state index contributed by atoms with van der Waals surface area (Å²) in [4.78, 5) is 2.31. The van der Waals surface area contributed by atoms with E-state index in [0.29, 0.717) is 0 Å². The van der Waals surface area contributed by atoms with E-state index in [4.69, 9.17) is 0 Å². The zero-order chi connectivity index (χ0) is 40.0. The van der Waals surface area contributed by atoms with Crippen LogP contribution in [0.2, 0.25) is 0 Å². The van der Waals surface area contributed by atoms with Gasteiger partial charge in [-0.25, -0.2) is 0 Å². The number of rotatable bonds is 6. The average molecular weight is 776 g/mol. The molecule has 0 saturated carbocycles. The van der Waals surface area contributed by atoms with Crippen LogP contribution in [0.3, 0.4) is 0 Å². The zero-order valence-electron chi connectivity index (χ0n) is 33.2. The number of fused-ring (bicyclic) bond motifs is 8. The molecule has 0 radical (unpaired) electrons. The number of hydrogen-bond donors (Lipinski definition) is 0. The Morgan fingerprint density at radius 3 is 1.39 bits per heavy atom. The second-order valence-corrected chi connectivity index (χ2v) is 16.0. The third-order valence-electron chi connectivity index (χ3n) is 12.8. The highest BCUT2D eigenvalue weighted by Crippen LogP contribution is 2.54. The van der Waals surface area contributed by atoms with Crippen LogP contribution in [0.15, 0.2) is 224 Å². The Morgan fingerprint density at radius 2 is 0.721 bits per heavy atom. The molecule has 3 nitrogen and oxygen atoms in total. The first-order valence-corrected chi connectivity index (χ1v) is 21.0. The van der Waals surface area contributed by atoms with Crippen molar-refractivity contribution in [2.24, 2.45) is 0 Å². The Labute approximate surface area is 353 Å². The van der Waals surface area contributed by atoms with Crippen LogP contribution in [0.1, 0.15) is 0 Å². The molecule has 0 N–H and O–H groups in total. The van der Waals surface area contributed by atoms with Gasteiger partial charge >= 0.3 is 0 Å². The van der Waals surface area contributed by atoms with Gasteiger partial charge in [-0.1, -0.05) is 152 Å². The first-order chi connectivity index (χ1) is 30.3. The zero-order valence-corrected chi connectivity index (χ0v) is 33.2. The van der Waals surface area contributed by atoms with Crippen LogP contribution in [0.4, 0.5) is 17.1 Å². The van der Waals surface area contributed by atoms with Crippen molar-refractivity contribution in [2.75, 3.05) is 4.90 Å². The summed E-state index contributed by atoms with van der Waals surface area (Å²) < 4.78 is 5.04. The van der Waals surface area contributed by atoms with Gasteiger partial charge in [0.25, 0.3) is 0 Å². The molecule has 0 fully saturated rings. The minimum Gasteiger partial charge on any atom is -0.311 e. The summed E-state index contributed by atoms with van der Waals surface area (Å²) >= 11 is 0. The number of nitrogens with zero attached hydrogens (tertiary/aromatic N) is 3. The number of benzene rings is 10. The molecule has 0 atom stereocenters. The SMILES string of the molecule is c1ccc(N(c2ccccc2)c2ccc(-c3ccc(-n4c5cccc6c5c5c7c(cccc7c7c(c8ccccc8n7-c7ccccc7)c54)-c4ccccc4-6)cc3)cc2)cc1. The van der Waals surface area contributed by atoms with Gasteiger partial charge < -0.3 is 14.0 Å². The molecule has 13 rings (SSSR count). The smallest absolute Gasteiger partial charge is 0.0648 e. The molecule has 2 aromatic heterocycles. The van der Waals surface area contributed by atoms with E-state index in [1.165, 1.54) is 87.8 Å². The molecule has 1 aliphatic rings. The molecule has 0 aliphatic heterocycles. The summed E-state index contributed by atoms with van der Waals surface area (Å²) in [5.41, 5.74) is 18.0. The van der Waals surface area contributed by atoms with Gasteiger partial charge in [-0.2, -0.15) is 0 Å². The van der Waals surface area contributed by atoms with Gasteiger partial charge in [-0.3, -0.25) is 0 Å². The fourth-order valence-corrected chi connectivity index (χ4v) is 10.3. The van der Waals surface area contributed by atoms with Gasteiger partial charge in [0.1, 0.15) is 0 Å². The highest BCUT2D eigenvalue weighted by molar-refractivity contribution is 6.41. The maximum Gasteiger partial charge on any atom is 0.0648 e. The van der Waals surface area contributed by atoms with Gasteiger partial charge in [0.15, 0.2) is 0 Å². The molecule has 1 aliphatic carbocycles. The Morgan fingerprint density at radius 1 is 0.262 bits per heavy atom.